The normalized spacial score (nSPS) is 24.5. The highest BCUT2D eigenvalue weighted by Crippen LogP contribution is 2.59. The molecule has 0 aromatic heterocycles. The first-order valence-electron chi connectivity index (χ1n) is 14.0. The van der Waals surface area contributed by atoms with E-state index in [2.05, 4.69) is 11.4 Å². The molecule has 1 N–H and O–H groups in total. The van der Waals surface area contributed by atoms with Crippen LogP contribution in [-0.2, 0) is 10.2 Å². The van der Waals surface area contributed by atoms with E-state index in [0.717, 1.165) is 22.4 Å². The van der Waals surface area contributed by atoms with Gasteiger partial charge in [-0.25, -0.2) is 0 Å². The minimum absolute atomic E-state index is 0.0714. The molecule has 0 saturated carbocycles. The fraction of sp³-hybridized carbons (Fsp3) is 0.171. The maximum atomic E-state index is 15.0. The van der Waals surface area contributed by atoms with Gasteiger partial charge >= 0.3 is 0 Å². The number of ether oxygens (including phenoxy) is 2. The minimum Gasteiger partial charge on any atom is -0.454 e. The predicted octanol–water partition coefficient (Wildman–Crippen LogP) is 5.66. The molecule has 4 aromatic carbocycles. The lowest BCUT2D eigenvalue weighted by molar-refractivity contribution is -0.121. The third-order valence-corrected chi connectivity index (χ3v) is 9.15. The van der Waals surface area contributed by atoms with Crippen LogP contribution in [0.1, 0.15) is 38.8 Å². The number of nitrogens with zero attached hydrogens (tertiary/aromatic N) is 1. The summed E-state index contributed by atoms with van der Waals surface area (Å²) in [6.07, 6.45) is 2.06. The Morgan fingerprint density at radius 1 is 0.833 bits per heavy atom. The van der Waals surface area contributed by atoms with Gasteiger partial charge in [0, 0.05) is 28.1 Å². The molecule has 4 aliphatic rings. The van der Waals surface area contributed by atoms with E-state index in [0.29, 0.717) is 28.3 Å². The molecule has 206 valence electrons. The highest BCUT2D eigenvalue weighted by molar-refractivity contribution is 6.18. The summed E-state index contributed by atoms with van der Waals surface area (Å²) in [6.45, 7) is 2.09. The van der Waals surface area contributed by atoms with Crippen molar-refractivity contribution in [2.24, 2.45) is 5.92 Å². The summed E-state index contributed by atoms with van der Waals surface area (Å²) in [7, 11) is 0. The number of rotatable bonds is 4. The van der Waals surface area contributed by atoms with Crippen molar-refractivity contribution in [3.8, 4) is 11.5 Å². The van der Waals surface area contributed by atoms with Gasteiger partial charge in [-0.05, 0) is 48.4 Å². The molecule has 0 radical (unpaired) electrons. The van der Waals surface area contributed by atoms with Crippen LogP contribution >= 0.6 is 0 Å². The maximum Gasteiger partial charge on any atom is 0.238 e. The molecule has 1 fully saturated rings. The number of ketones is 2. The number of hydrogen-bond donors (Lipinski definition) is 1. The fourth-order valence-electron chi connectivity index (χ4n) is 7.39. The van der Waals surface area contributed by atoms with Crippen LogP contribution in [0.25, 0.3) is 5.57 Å². The summed E-state index contributed by atoms with van der Waals surface area (Å²) in [5.74, 6) is -0.824. The highest BCUT2D eigenvalue weighted by Gasteiger charge is 2.70. The number of para-hydroxylation sites is 2. The molecular formula is C35H26N2O5. The Balaban J connectivity index is 1.43. The monoisotopic (exact) mass is 554 g/mol. The number of benzene rings is 4. The van der Waals surface area contributed by atoms with Crippen LogP contribution in [0.2, 0.25) is 0 Å². The molecule has 8 rings (SSSR count). The van der Waals surface area contributed by atoms with Gasteiger partial charge in [0.05, 0.1) is 12.0 Å². The van der Waals surface area contributed by atoms with Gasteiger partial charge in [0.25, 0.3) is 0 Å². The average Bonchev–Trinajstić information content (AvgIpc) is 3.70. The van der Waals surface area contributed by atoms with Crippen molar-refractivity contribution in [3.63, 3.8) is 0 Å². The van der Waals surface area contributed by atoms with E-state index in [9.17, 15) is 14.4 Å². The van der Waals surface area contributed by atoms with E-state index < -0.39 is 23.4 Å². The van der Waals surface area contributed by atoms with E-state index in [-0.39, 0.29) is 24.3 Å². The summed E-state index contributed by atoms with van der Waals surface area (Å²) in [5.41, 5.74) is 3.64. The number of Topliss-reactive ketones (excluding diaryl/α,β-unsaturated/α-hetero) is 2. The molecule has 4 aliphatic heterocycles. The Labute approximate surface area is 242 Å². The number of hydrogen-bond acceptors (Lipinski definition) is 6. The summed E-state index contributed by atoms with van der Waals surface area (Å²) in [4.78, 5) is 46.2. The van der Waals surface area contributed by atoms with E-state index in [1.54, 1.807) is 30.3 Å². The molecule has 4 unspecified atom stereocenters. The molecule has 1 amide bonds. The Hall–Kier alpha value is -5.17. The second-order valence-corrected chi connectivity index (χ2v) is 11.2. The first-order valence-corrected chi connectivity index (χ1v) is 14.0. The van der Waals surface area contributed by atoms with Gasteiger partial charge in [0.2, 0.25) is 12.7 Å². The zero-order chi connectivity index (χ0) is 28.6. The van der Waals surface area contributed by atoms with Crippen LogP contribution in [0.5, 0.6) is 11.5 Å². The minimum atomic E-state index is -1.37. The molecule has 42 heavy (non-hydrogen) atoms. The lowest BCUT2D eigenvalue weighted by Gasteiger charge is -2.39. The van der Waals surface area contributed by atoms with Crippen molar-refractivity contribution in [2.45, 2.75) is 24.4 Å². The van der Waals surface area contributed by atoms with Gasteiger partial charge in [-0.3, -0.25) is 14.4 Å². The third kappa shape index (κ3) is 3.19. The Kier molecular flexibility index (Phi) is 5.22. The first-order chi connectivity index (χ1) is 20.5. The zero-order valence-corrected chi connectivity index (χ0v) is 22.7. The van der Waals surface area contributed by atoms with Crippen molar-refractivity contribution in [1.82, 2.24) is 0 Å². The van der Waals surface area contributed by atoms with Crippen LogP contribution < -0.4 is 19.7 Å². The smallest absolute Gasteiger partial charge is 0.238 e. The first kappa shape index (κ1) is 24.6. The molecule has 7 nitrogen and oxygen atoms in total. The van der Waals surface area contributed by atoms with Crippen molar-refractivity contribution in [2.75, 3.05) is 17.0 Å². The summed E-state index contributed by atoms with van der Waals surface area (Å²) in [5, 5.41) is 3.08. The Morgan fingerprint density at radius 3 is 2.43 bits per heavy atom. The van der Waals surface area contributed by atoms with Crippen molar-refractivity contribution in [1.29, 1.82) is 0 Å². The molecule has 0 bridgehead atoms. The van der Waals surface area contributed by atoms with Crippen LogP contribution in [0.15, 0.2) is 103 Å². The number of allylic oxidation sites excluding steroid dienone is 1. The fourth-order valence-corrected chi connectivity index (χ4v) is 7.39. The summed E-state index contributed by atoms with van der Waals surface area (Å²) < 4.78 is 11.1. The number of fused-ring (bicyclic) bond motifs is 7. The number of amides is 1. The summed E-state index contributed by atoms with van der Waals surface area (Å²) in [6, 6.07) is 27.9. The van der Waals surface area contributed by atoms with E-state index >= 15 is 0 Å². The maximum absolute atomic E-state index is 15.0. The van der Waals surface area contributed by atoms with Crippen LogP contribution in [0, 0.1) is 5.92 Å². The van der Waals surface area contributed by atoms with Crippen molar-refractivity contribution < 1.29 is 23.9 Å². The number of anilines is 2. The van der Waals surface area contributed by atoms with Crippen LogP contribution in [-0.4, -0.2) is 36.4 Å². The third-order valence-electron chi connectivity index (χ3n) is 9.15. The molecule has 4 atom stereocenters. The van der Waals surface area contributed by atoms with Crippen LogP contribution in [0.3, 0.4) is 0 Å². The van der Waals surface area contributed by atoms with Gasteiger partial charge in [-0.1, -0.05) is 72.8 Å². The molecule has 7 heteroatoms. The molecule has 4 heterocycles. The van der Waals surface area contributed by atoms with Crippen LogP contribution in [0.4, 0.5) is 11.4 Å². The highest BCUT2D eigenvalue weighted by atomic mass is 16.7. The Bertz CT molecular complexity index is 1850. The Morgan fingerprint density at radius 2 is 1.57 bits per heavy atom. The second-order valence-electron chi connectivity index (χ2n) is 11.2. The largest absolute Gasteiger partial charge is 0.454 e. The van der Waals surface area contributed by atoms with Gasteiger partial charge < -0.3 is 19.7 Å². The topological polar surface area (TPSA) is 84.9 Å². The molecule has 4 aromatic rings. The van der Waals surface area contributed by atoms with Gasteiger partial charge in [-0.2, -0.15) is 0 Å². The standard InChI is InChI=1S/C35H26N2O5/c1-20-17-29-35(24-12-6-7-13-25(24)36-34(35)40)30(32(38)22-15-16-27-28(18-22)42-19-41-27)31(33(39)21-9-3-2-4-10-21)37(29)26-14-8-5-11-23(20)26/h2-18,29-31H,19H2,1H3,(H,36,40). The molecule has 1 spiro atoms. The summed E-state index contributed by atoms with van der Waals surface area (Å²) >= 11 is 0. The molecular weight excluding hydrogens is 528 g/mol. The molecule has 0 aliphatic carbocycles. The predicted molar refractivity (Wildman–Crippen MR) is 158 cm³/mol. The van der Waals surface area contributed by atoms with Gasteiger partial charge in [0.1, 0.15) is 11.5 Å². The SMILES string of the molecule is CC1=CC2N(c3ccccc31)C(C(=O)c1ccccc1)C(C(=O)c1ccc3c(c1)OCO3)C21C(=O)Nc2ccccc21. The number of nitrogens with one attached hydrogen (secondary N) is 1. The lowest BCUT2D eigenvalue weighted by Crippen LogP contribution is -2.51. The van der Waals surface area contributed by atoms with Gasteiger partial charge in [0.15, 0.2) is 23.1 Å². The van der Waals surface area contributed by atoms with E-state index in [1.165, 1.54) is 0 Å². The van der Waals surface area contributed by atoms with E-state index in [4.69, 9.17) is 9.47 Å². The van der Waals surface area contributed by atoms with Crippen molar-refractivity contribution >= 4 is 34.4 Å². The van der Waals surface area contributed by atoms with Crippen molar-refractivity contribution in [3.05, 3.63) is 125 Å². The molecule has 1 saturated heterocycles. The number of carbonyl (C=O) groups is 3. The van der Waals surface area contributed by atoms with E-state index in [1.807, 2.05) is 78.6 Å². The quantitative estimate of drug-likeness (QED) is 0.328. The average molecular weight is 555 g/mol. The second kappa shape index (κ2) is 8.91. The number of carbonyl (C=O) groups excluding carboxylic acids is 3. The lowest BCUT2D eigenvalue weighted by atomic mass is 9.64. The zero-order valence-electron chi connectivity index (χ0n) is 22.7. The van der Waals surface area contributed by atoms with Gasteiger partial charge in [-0.15, -0.1) is 0 Å².